The van der Waals surface area contributed by atoms with Crippen LogP contribution in [-0.4, -0.2) is 42.3 Å². The fraction of sp³-hybridized carbons (Fsp3) is 0.240. The molecule has 3 rings (SSSR count). The summed E-state index contributed by atoms with van der Waals surface area (Å²) in [4.78, 5) is 39.6. The van der Waals surface area contributed by atoms with Crippen LogP contribution < -0.4 is 10.6 Å². The number of likely N-dealkylation sites (N-methyl/N-ethyl adjacent to an activating group) is 1. The number of aryl methyl sites for hydroxylation is 1. The highest BCUT2D eigenvalue weighted by Crippen LogP contribution is 2.18. The van der Waals surface area contributed by atoms with Gasteiger partial charge in [0.1, 0.15) is 6.04 Å². The molecule has 0 aliphatic heterocycles. The van der Waals surface area contributed by atoms with E-state index in [-0.39, 0.29) is 30.5 Å². The average molecular weight is 434 g/mol. The number of hydrogen-bond acceptors (Lipinski definition) is 4. The van der Waals surface area contributed by atoms with Crippen LogP contribution in [0, 0.1) is 13.8 Å². The molecule has 2 aromatic carbocycles. The molecule has 1 aromatic heterocycles. The van der Waals surface area contributed by atoms with Crippen molar-refractivity contribution in [1.82, 2.24) is 10.2 Å². The van der Waals surface area contributed by atoms with E-state index in [1.54, 1.807) is 13.1 Å². The van der Waals surface area contributed by atoms with Gasteiger partial charge >= 0.3 is 0 Å². The van der Waals surface area contributed by atoms with Crippen molar-refractivity contribution in [2.45, 2.75) is 26.3 Å². The third-order valence-corrected chi connectivity index (χ3v) is 5.27. The van der Waals surface area contributed by atoms with Gasteiger partial charge in [-0.25, -0.2) is 0 Å². The summed E-state index contributed by atoms with van der Waals surface area (Å²) in [5.41, 5.74) is 3.64. The van der Waals surface area contributed by atoms with E-state index >= 15 is 0 Å². The molecule has 0 saturated heterocycles. The fourth-order valence-corrected chi connectivity index (χ4v) is 3.32. The van der Waals surface area contributed by atoms with Crippen LogP contribution in [0.4, 0.5) is 5.69 Å². The van der Waals surface area contributed by atoms with E-state index < -0.39 is 11.9 Å². The molecule has 166 valence electrons. The SMILES string of the molecule is Cc1cccc(NC(=O)CN(C)C(=O)C(Cc2ccccc2)NC(=O)c2ccco2)c1C. The number of amides is 3. The van der Waals surface area contributed by atoms with Gasteiger partial charge in [-0.2, -0.15) is 0 Å². The number of rotatable bonds is 8. The summed E-state index contributed by atoms with van der Waals surface area (Å²) in [5.74, 6) is -1.06. The zero-order valence-corrected chi connectivity index (χ0v) is 18.4. The summed E-state index contributed by atoms with van der Waals surface area (Å²) in [6.45, 7) is 3.75. The molecule has 0 bridgehead atoms. The molecule has 7 heteroatoms. The molecule has 0 spiro atoms. The lowest BCUT2D eigenvalue weighted by Gasteiger charge is -2.24. The summed E-state index contributed by atoms with van der Waals surface area (Å²) in [5, 5.41) is 5.59. The molecule has 3 aromatic rings. The Hall–Kier alpha value is -3.87. The summed E-state index contributed by atoms with van der Waals surface area (Å²) >= 11 is 0. The van der Waals surface area contributed by atoms with Crippen LogP contribution in [0.3, 0.4) is 0 Å². The van der Waals surface area contributed by atoms with Gasteiger partial charge in [0, 0.05) is 19.2 Å². The Morgan fingerprint density at radius 3 is 2.41 bits per heavy atom. The summed E-state index contributed by atoms with van der Waals surface area (Å²) < 4.78 is 5.14. The molecular weight excluding hydrogens is 406 g/mol. The highest BCUT2D eigenvalue weighted by molar-refractivity contribution is 5.98. The molecule has 2 N–H and O–H groups in total. The molecule has 0 aliphatic rings. The average Bonchev–Trinajstić information content (AvgIpc) is 3.32. The maximum absolute atomic E-state index is 13.2. The van der Waals surface area contributed by atoms with Crippen molar-refractivity contribution in [3.05, 3.63) is 89.4 Å². The van der Waals surface area contributed by atoms with Crippen molar-refractivity contribution in [3.8, 4) is 0 Å². The lowest BCUT2D eigenvalue weighted by atomic mass is 10.0. The molecule has 0 saturated carbocycles. The molecular formula is C25H27N3O4. The van der Waals surface area contributed by atoms with E-state index in [0.29, 0.717) is 5.69 Å². The molecule has 1 heterocycles. The quantitative estimate of drug-likeness (QED) is 0.570. The Morgan fingerprint density at radius 1 is 0.969 bits per heavy atom. The second-order valence-corrected chi connectivity index (χ2v) is 7.68. The van der Waals surface area contributed by atoms with Crippen LogP contribution in [0.1, 0.15) is 27.2 Å². The number of nitrogens with zero attached hydrogens (tertiary/aromatic N) is 1. The minimum atomic E-state index is -0.853. The minimum Gasteiger partial charge on any atom is -0.459 e. The molecule has 32 heavy (non-hydrogen) atoms. The lowest BCUT2D eigenvalue weighted by Crippen LogP contribution is -2.50. The van der Waals surface area contributed by atoms with E-state index in [0.717, 1.165) is 16.7 Å². The van der Waals surface area contributed by atoms with Gasteiger partial charge in [0.2, 0.25) is 11.8 Å². The van der Waals surface area contributed by atoms with Crippen molar-refractivity contribution >= 4 is 23.4 Å². The second-order valence-electron chi connectivity index (χ2n) is 7.68. The first-order valence-electron chi connectivity index (χ1n) is 10.3. The zero-order valence-electron chi connectivity index (χ0n) is 18.4. The standard InChI is InChI=1S/C25H27N3O4/c1-17-9-7-12-20(18(17)2)26-23(29)16-28(3)25(31)21(15-19-10-5-4-6-11-19)27-24(30)22-13-8-14-32-22/h4-14,21H,15-16H2,1-3H3,(H,26,29)(H,27,30). The molecule has 0 aliphatic carbocycles. The van der Waals surface area contributed by atoms with Crippen LogP contribution >= 0.6 is 0 Å². The topological polar surface area (TPSA) is 91.7 Å². The molecule has 7 nitrogen and oxygen atoms in total. The first-order chi connectivity index (χ1) is 15.3. The number of nitrogens with one attached hydrogen (secondary N) is 2. The third kappa shape index (κ3) is 5.85. The van der Waals surface area contributed by atoms with E-state index in [1.807, 2.05) is 62.4 Å². The fourth-order valence-electron chi connectivity index (χ4n) is 3.32. The van der Waals surface area contributed by atoms with E-state index in [9.17, 15) is 14.4 Å². The maximum Gasteiger partial charge on any atom is 0.287 e. The van der Waals surface area contributed by atoms with Crippen LogP contribution in [0.2, 0.25) is 0 Å². The Morgan fingerprint density at radius 2 is 1.72 bits per heavy atom. The highest BCUT2D eigenvalue weighted by Gasteiger charge is 2.27. The van der Waals surface area contributed by atoms with E-state index in [1.165, 1.54) is 17.2 Å². The monoisotopic (exact) mass is 433 g/mol. The largest absolute Gasteiger partial charge is 0.459 e. The van der Waals surface area contributed by atoms with Crippen molar-refractivity contribution in [2.24, 2.45) is 0 Å². The highest BCUT2D eigenvalue weighted by atomic mass is 16.3. The summed E-state index contributed by atoms with van der Waals surface area (Å²) in [6.07, 6.45) is 1.68. The van der Waals surface area contributed by atoms with E-state index in [2.05, 4.69) is 10.6 Å². The summed E-state index contributed by atoms with van der Waals surface area (Å²) in [6, 6.07) is 17.3. The number of benzene rings is 2. The number of carbonyl (C=O) groups is 3. The molecule has 3 amide bonds. The van der Waals surface area contributed by atoms with Gasteiger partial charge in [-0.1, -0.05) is 42.5 Å². The van der Waals surface area contributed by atoms with Gasteiger partial charge in [-0.05, 0) is 48.7 Å². The first kappa shape index (κ1) is 22.8. The molecule has 0 radical (unpaired) electrons. The van der Waals surface area contributed by atoms with Crippen LogP contribution in [-0.2, 0) is 16.0 Å². The van der Waals surface area contributed by atoms with Crippen molar-refractivity contribution < 1.29 is 18.8 Å². The molecule has 1 unspecified atom stereocenters. The predicted molar refractivity (Wildman–Crippen MR) is 122 cm³/mol. The Bertz CT molecular complexity index is 1080. The van der Waals surface area contributed by atoms with Crippen molar-refractivity contribution in [3.63, 3.8) is 0 Å². The number of furan rings is 1. The molecule has 1 atom stereocenters. The van der Waals surface area contributed by atoms with Crippen LogP contribution in [0.25, 0.3) is 0 Å². The van der Waals surface area contributed by atoms with Crippen molar-refractivity contribution in [1.29, 1.82) is 0 Å². The van der Waals surface area contributed by atoms with Crippen LogP contribution in [0.15, 0.2) is 71.3 Å². The Balaban J connectivity index is 1.70. The lowest BCUT2D eigenvalue weighted by molar-refractivity contribution is -0.135. The van der Waals surface area contributed by atoms with Gasteiger partial charge < -0.3 is 20.0 Å². The van der Waals surface area contributed by atoms with Gasteiger partial charge in [0.25, 0.3) is 5.91 Å². The summed E-state index contributed by atoms with van der Waals surface area (Å²) in [7, 11) is 1.54. The van der Waals surface area contributed by atoms with Crippen molar-refractivity contribution in [2.75, 3.05) is 18.9 Å². The minimum absolute atomic E-state index is 0.117. The number of hydrogen-bond donors (Lipinski definition) is 2. The molecule has 0 fully saturated rings. The number of carbonyl (C=O) groups excluding carboxylic acids is 3. The van der Waals surface area contributed by atoms with Gasteiger partial charge in [-0.3, -0.25) is 14.4 Å². The second kappa shape index (κ2) is 10.4. The first-order valence-corrected chi connectivity index (χ1v) is 10.3. The van der Waals surface area contributed by atoms with E-state index in [4.69, 9.17) is 4.42 Å². The van der Waals surface area contributed by atoms with Gasteiger partial charge in [0.05, 0.1) is 12.8 Å². The van der Waals surface area contributed by atoms with Gasteiger partial charge in [-0.15, -0.1) is 0 Å². The smallest absolute Gasteiger partial charge is 0.287 e. The Labute approximate surface area is 187 Å². The predicted octanol–water partition coefficient (Wildman–Crippen LogP) is 3.33. The third-order valence-electron chi connectivity index (χ3n) is 5.27. The zero-order chi connectivity index (χ0) is 23.1. The maximum atomic E-state index is 13.2. The number of anilines is 1. The van der Waals surface area contributed by atoms with Crippen LogP contribution in [0.5, 0.6) is 0 Å². The normalized spacial score (nSPS) is 11.5. The van der Waals surface area contributed by atoms with Gasteiger partial charge in [0.15, 0.2) is 5.76 Å². The Kier molecular flexibility index (Phi) is 7.44.